The molecule has 3 aliphatic rings. The Bertz CT molecular complexity index is 1540. The second kappa shape index (κ2) is 12.5. The van der Waals surface area contributed by atoms with E-state index in [1.165, 1.54) is 6.26 Å². The van der Waals surface area contributed by atoms with E-state index in [0.717, 1.165) is 36.8 Å². The van der Waals surface area contributed by atoms with Gasteiger partial charge in [0.2, 0.25) is 0 Å². The largest absolute Gasteiger partial charge is 0.504 e. The normalized spacial score (nSPS) is 22.4. The number of nitrogens with zero attached hydrogens (tertiary/aromatic N) is 4. The van der Waals surface area contributed by atoms with Crippen LogP contribution < -0.4 is 4.74 Å². The number of allylic oxidation sites excluding steroid dienone is 1. The zero-order valence-electron chi connectivity index (χ0n) is 23.6. The molecule has 0 radical (unpaired) electrons. The van der Waals surface area contributed by atoms with Crippen molar-refractivity contribution >= 4 is 22.9 Å². The fourth-order valence-corrected chi connectivity index (χ4v) is 5.72. The summed E-state index contributed by atoms with van der Waals surface area (Å²) in [6, 6.07) is 11.5. The highest BCUT2D eigenvalue weighted by Gasteiger charge is 2.36. The average Bonchev–Trinajstić information content (AvgIpc) is 3.61. The van der Waals surface area contributed by atoms with Gasteiger partial charge >= 0.3 is 0 Å². The van der Waals surface area contributed by atoms with Crippen LogP contribution in [-0.4, -0.2) is 79.2 Å². The van der Waals surface area contributed by atoms with Gasteiger partial charge in [0.05, 0.1) is 55.6 Å². The van der Waals surface area contributed by atoms with Crippen LogP contribution in [0.3, 0.4) is 0 Å². The maximum atomic E-state index is 10.9. The lowest BCUT2D eigenvalue weighted by atomic mass is 10.0. The Hall–Kier alpha value is -4.01. The summed E-state index contributed by atoms with van der Waals surface area (Å²) in [5.74, 6) is 1.05. The van der Waals surface area contributed by atoms with Gasteiger partial charge in [0.25, 0.3) is 0 Å². The molecule has 10 heteroatoms. The van der Waals surface area contributed by atoms with Gasteiger partial charge in [-0.15, -0.1) is 0 Å². The van der Waals surface area contributed by atoms with E-state index in [-0.39, 0.29) is 18.3 Å². The molecule has 42 heavy (non-hydrogen) atoms. The molecule has 3 aliphatic heterocycles. The van der Waals surface area contributed by atoms with Crippen molar-refractivity contribution in [2.45, 2.75) is 50.2 Å². The van der Waals surface area contributed by atoms with Gasteiger partial charge in [-0.1, -0.05) is 12.6 Å². The number of aliphatic imine (C=N–C) groups is 1. The van der Waals surface area contributed by atoms with Gasteiger partial charge in [-0.2, -0.15) is 5.26 Å². The lowest BCUT2D eigenvalue weighted by Gasteiger charge is -2.35. The molecule has 3 unspecified atom stereocenters. The van der Waals surface area contributed by atoms with Gasteiger partial charge in [-0.3, -0.25) is 14.9 Å². The van der Waals surface area contributed by atoms with E-state index in [0.29, 0.717) is 65.7 Å². The zero-order valence-corrected chi connectivity index (χ0v) is 23.6. The number of aromatic nitrogens is 1. The highest BCUT2D eigenvalue weighted by molar-refractivity contribution is 6.10. The summed E-state index contributed by atoms with van der Waals surface area (Å²) in [5.41, 5.74) is 4.12. The number of ether oxygens (including phenoxy) is 4. The third kappa shape index (κ3) is 5.96. The minimum Gasteiger partial charge on any atom is -0.504 e. The van der Waals surface area contributed by atoms with E-state index >= 15 is 0 Å². The van der Waals surface area contributed by atoms with Crippen LogP contribution in [0.5, 0.6) is 5.75 Å². The third-order valence-corrected chi connectivity index (χ3v) is 7.90. The molecule has 3 saturated heterocycles. The first-order valence-corrected chi connectivity index (χ1v) is 14.2. The van der Waals surface area contributed by atoms with Crippen molar-refractivity contribution in [3.8, 4) is 22.9 Å². The van der Waals surface area contributed by atoms with Crippen LogP contribution in [0, 0.1) is 11.3 Å². The predicted molar refractivity (Wildman–Crippen MR) is 157 cm³/mol. The molecule has 1 N–H and O–H groups in total. The molecule has 0 saturated carbocycles. The molecule has 2 aromatic heterocycles. The van der Waals surface area contributed by atoms with Crippen molar-refractivity contribution in [3.63, 3.8) is 0 Å². The molecular formula is C32H34N4O6. The first-order valence-electron chi connectivity index (χ1n) is 14.2. The standard InChI is InChI=1S/C32H34N4O6/c1-20(32(37)36-17-25-4-5-26(18-36)40-25)35-16-23(19-38-2)30-14-28-31(42-30)27(7-10-34-28)21-3-6-29(22(13-21)15-33)41-24-8-11-39-12-9-24/h3,6-7,10,13-14,16,19,24-26,32,37H,1,4-5,8-9,11-12,17-18H2,2H3/b23-19-,35-16?. The maximum Gasteiger partial charge on any atom is 0.161 e. The predicted octanol–water partition coefficient (Wildman–Crippen LogP) is 4.68. The molecule has 1 aromatic carbocycles. The number of aliphatic hydroxyl groups excluding tert-OH is 1. The van der Waals surface area contributed by atoms with Crippen molar-refractivity contribution < 1.29 is 28.5 Å². The SMILES string of the molecule is C=C(N=C/C(=C/OC)c1cc2nccc(-c3ccc(OC4CCOCC4)c(C#N)c3)c2o1)C(O)N1CC2CCC(C1)O2. The highest BCUT2D eigenvalue weighted by Crippen LogP contribution is 2.35. The van der Waals surface area contributed by atoms with Crippen molar-refractivity contribution in [1.82, 2.24) is 9.88 Å². The number of aliphatic hydroxyl groups is 1. The lowest BCUT2D eigenvalue weighted by Crippen LogP contribution is -2.48. The molecule has 0 amide bonds. The molecule has 6 rings (SSSR count). The number of hydrogen-bond donors (Lipinski definition) is 1. The second-order valence-corrected chi connectivity index (χ2v) is 10.8. The third-order valence-electron chi connectivity index (χ3n) is 7.90. The monoisotopic (exact) mass is 570 g/mol. The van der Waals surface area contributed by atoms with Gasteiger partial charge in [-0.05, 0) is 36.6 Å². The Morgan fingerprint density at radius 1 is 1.19 bits per heavy atom. The smallest absolute Gasteiger partial charge is 0.161 e. The van der Waals surface area contributed by atoms with Crippen molar-refractivity contribution in [2.75, 3.05) is 33.4 Å². The molecule has 3 fully saturated rings. The average molecular weight is 571 g/mol. The molecule has 0 aliphatic carbocycles. The zero-order chi connectivity index (χ0) is 29.1. The van der Waals surface area contributed by atoms with Crippen LogP contribution in [-0.2, 0) is 14.2 Å². The number of hydrogen-bond acceptors (Lipinski definition) is 10. The lowest BCUT2D eigenvalue weighted by molar-refractivity contribution is -0.0882. The number of pyridine rings is 1. The van der Waals surface area contributed by atoms with Gasteiger partial charge in [0.15, 0.2) is 5.58 Å². The van der Waals surface area contributed by atoms with E-state index in [2.05, 4.69) is 22.6 Å². The number of benzene rings is 1. The van der Waals surface area contributed by atoms with Gasteiger partial charge in [0.1, 0.15) is 35.4 Å². The van der Waals surface area contributed by atoms with Gasteiger partial charge < -0.3 is 28.5 Å². The number of likely N-dealkylation sites (tertiary alicyclic amines) is 1. The first kappa shape index (κ1) is 28.1. The van der Waals surface area contributed by atoms with Crippen LogP contribution >= 0.6 is 0 Å². The number of rotatable bonds is 9. The molecule has 3 atom stereocenters. The Labute approximate surface area is 244 Å². The minimum atomic E-state index is -0.909. The number of methoxy groups -OCH3 is 1. The fraction of sp³-hybridized carbons (Fsp3) is 0.406. The Morgan fingerprint density at radius 3 is 2.71 bits per heavy atom. The summed E-state index contributed by atoms with van der Waals surface area (Å²) in [6.07, 6.45) is 7.84. The number of fused-ring (bicyclic) bond motifs is 3. The topological polar surface area (TPSA) is 123 Å². The Kier molecular flexibility index (Phi) is 8.35. The van der Waals surface area contributed by atoms with Crippen LogP contribution in [0.2, 0.25) is 0 Å². The van der Waals surface area contributed by atoms with E-state index in [1.807, 2.05) is 35.2 Å². The van der Waals surface area contributed by atoms with Crippen molar-refractivity contribution in [2.24, 2.45) is 4.99 Å². The van der Waals surface area contributed by atoms with Crippen LogP contribution in [0.15, 0.2) is 64.5 Å². The van der Waals surface area contributed by atoms with Crippen LogP contribution in [0.4, 0.5) is 0 Å². The van der Waals surface area contributed by atoms with Gasteiger partial charge in [-0.25, -0.2) is 0 Å². The van der Waals surface area contributed by atoms with E-state index in [9.17, 15) is 10.4 Å². The molecule has 218 valence electrons. The highest BCUT2D eigenvalue weighted by atomic mass is 16.5. The summed E-state index contributed by atoms with van der Waals surface area (Å²) in [5, 5.41) is 20.7. The summed E-state index contributed by atoms with van der Waals surface area (Å²) in [4.78, 5) is 10.9. The van der Waals surface area contributed by atoms with Crippen LogP contribution in [0.25, 0.3) is 27.8 Å². The summed E-state index contributed by atoms with van der Waals surface area (Å²) in [7, 11) is 1.54. The van der Waals surface area contributed by atoms with Crippen molar-refractivity contribution in [3.05, 3.63) is 66.4 Å². The quantitative estimate of drug-likeness (QED) is 0.289. The van der Waals surface area contributed by atoms with Crippen molar-refractivity contribution in [1.29, 1.82) is 5.26 Å². The Balaban J connectivity index is 1.23. The fourth-order valence-electron chi connectivity index (χ4n) is 5.72. The molecular weight excluding hydrogens is 536 g/mol. The number of morpholine rings is 1. The molecule has 5 heterocycles. The summed E-state index contributed by atoms with van der Waals surface area (Å²) >= 11 is 0. The maximum absolute atomic E-state index is 10.9. The second-order valence-electron chi connectivity index (χ2n) is 10.8. The molecule has 2 bridgehead atoms. The molecule has 0 spiro atoms. The first-order chi connectivity index (χ1) is 20.5. The Morgan fingerprint density at radius 2 is 1.98 bits per heavy atom. The summed E-state index contributed by atoms with van der Waals surface area (Å²) < 4.78 is 29.0. The van der Waals surface area contributed by atoms with Gasteiger partial charge in [0, 0.05) is 50.0 Å². The van der Waals surface area contributed by atoms with E-state index in [1.54, 1.807) is 19.5 Å². The minimum absolute atomic E-state index is 0.0331. The number of nitriles is 1. The molecule has 10 nitrogen and oxygen atoms in total. The molecule has 3 aromatic rings. The number of furan rings is 1. The van der Waals surface area contributed by atoms with Crippen LogP contribution in [0.1, 0.15) is 37.0 Å². The van der Waals surface area contributed by atoms with E-state index < -0.39 is 6.23 Å². The summed E-state index contributed by atoms with van der Waals surface area (Å²) in [6.45, 7) is 6.63. The van der Waals surface area contributed by atoms with E-state index in [4.69, 9.17) is 23.4 Å².